The van der Waals surface area contributed by atoms with Crippen molar-refractivity contribution in [3.8, 4) is 0 Å². The van der Waals surface area contributed by atoms with Crippen molar-refractivity contribution < 1.29 is 9.59 Å². The SMILES string of the molecule is Cl.NCC(NC(=O)CCCc1ccc2c(c1)CC(=O)N2)c1ccc2ccccc2c1. The number of nitrogens with two attached hydrogens (primary N) is 1. The number of hydrogen-bond donors (Lipinski definition) is 3. The zero-order valence-corrected chi connectivity index (χ0v) is 17.5. The average Bonchev–Trinajstić information content (AvgIpc) is 3.11. The minimum absolute atomic E-state index is 0. The Balaban J connectivity index is 0.00000256. The van der Waals surface area contributed by atoms with Gasteiger partial charge in [0.1, 0.15) is 0 Å². The molecule has 156 valence electrons. The normalized spacial score (nSPS) is 13.3. The van der Waals surface area contributed by atoms with Gasteiger partial charge in [-0.1, -0.05) is 48.5 Å². The van der Waals surface area contributed by atoms with Crippen LogP contribution in [0.5, 0.6) is 0 Å². The second-order valence-corrected chi connectivity index (χ2v) is 7.53. The lowest BCUT2D eigenvalue weighted by Crippen LogP contribution is -2.33. The molecule has 1 heterocycles. The number of carbonyl (C=O) groups is 2. The van der Waals surface area contributed by atoms with Crippen molar-refractivity contribution in [2.45, 2.75) is 31.7 Å². The van der Waals surface area contributed by atoms with E-state index in [1.165, 1.54) is 5.39 Å². The summed E-state index contributed by atoms with van der Waals surface area (Å²) in [6.07, 6.45) is 2.44. The largest absolute Gasteiger partial charge is 0.348 e. The van der Waals surface area contributed by atoms with Crippen LogP contribution >= 0.6 is 12.4 Å². The number of anilines is 1. The summed E-state index contributed by atoms with van der Waals surface area (Å²) in [4.78, 5) is 23.9. The van der Waals surface area contributed by atoms with E-state index in [2.05, 4.69) is 41.0 Å². The fraction of sp³-hybridized carbons (Fsp3) is 0.250. The number of benzene rings is 3. The molecule has 1 aliphatic heterocycles. The van der Waals surface area contributed by atoms with Crippen LogP contribution < -0.4 is 16.4 Å². The second kappa shape index (κ2) is 9.74. The first-order valence-electron chi connectivity index (χ1n) is 10.0. The molecule has 0 saturated carbocycles. The predicted molar refractivity (Wildman–Crippen MR) is 123 cm³/mol. The number of carbonyl (C=O) groups excluding carboxylic acids is 2. The van der Waals surface area contributed by atoms with E-state index < -0.39 is 0 Å². The number of nitrogens with one attached hydrogen (secondary N) is 2. The van der Waals surface area contributed by atoms with Gasteiger partial charge in [-0.3, -0.25) is 9.59 Å². The van der Waals surface area contributed by atoms with Gasteiger partial charge >= 0.3 is 0 Å². The molecule has 4 N–H and O–H groups in total. The lowest BCUT2D eigenvalue weighted by molar-refractivity contribution is -0.122. The van der Waals surface area contributed by atoms with E-state index in [0.717, 1.165) is 40.6 Å². The Morgan fingerprint density at radius 3 is 2.67 bits per heavy atom. The van der Waals surface area contributed by atoms with Crippen molar-refractivity contribution >= 4 is 40.7 Å². The maximum absolute atomic E-state index is 12.4. The average molecular weight is 424 g/mol. The van der Waals surface area contributed by atoms with Crippen molar-refractivity contribution in [1.29, 1.82) is 0 Å². The molecule has 6 heteroatoms. The maximum atomic E-state index is 12.4. The van der Waals surface area contributed by atoms with Gasteiger partial charge in [0.2, 0.25) is 11.8 Å². The first-order chi connectivity index (χ1) is 14.1. The zero-order valence-electron chi connectivity index (χ0n) is 16.7. The van der Waals surface area contributed by atoms with Crippen molar-refractivity contribution in [2.24, 2.45) is 5.73 Å². The standard InChI is InChI=1S/C24H25N3O2.ClH/c25-15-22(19-10-9-17-5-1-2-6-18(17)13-19)27-23(28)7-3-4-16-8-11-21-20(12-16)14-24(29)26-21;/h1-2,5-6,8-13,22H,3-4,7,14-15,25H2,(H,26,29)(H,27,28);1H. The Morgan fingerprint density at radius 2 is 1.87 bits per heavy atom. The first kappa shape index (κ1) is 21.8. The van der Waals surface area contributed by atoms with Crippen molar-refractivity contribution in [3.63, 3.8) is 0 Å². The predicted octanol–water partition coefficient (Wildman–Crippen LogP) is 3.90. The Hall–Kier alpha value is -2.89. The molecular formula is C24H26ClN3O2. The topological polar surface area (TPSA) is 84.2 Å². The lowest BCUT2D eigenvalue weighted by Gasteiger charge is -2.18. The van der Waals surface area contributed by atoms with Gasteiger partial charge in [0.05, 0.1) is 12.5 Å². The molecule has 1 atom stereocenters. The third-order valence-corrected chi connectivity index (χ3v) is 5.41. The van der Waals surface area contributed by atoms with Gasteiger partial charge in [0.25, 0.3) is 0 Å². The van der Waals surface area contributed by atoms with Gasteiger partial charge < -0.3 is 16.4 Å². The number of aryl methyl sites for hydroxylation is 1. The first-order valence-corrected chi connectivity index (χ1v) is 10.0. The molecule has 0 saturated heterocycles. The molecule has 1 unspecified atom stereocenters. The van der Waals surface area contributed by atoms with Crippen LogP contribution in [0.1, 0.15) is 35.6 Å². The van der Waals surface area contributed by atoms with Crippen LogP contribution in [-0.4, -0.2) is 18.4 Å². The molecule has 0 spiro atoms. The number of halogens is 1. The van der Waals surface area contributed by atoms with E-state index in [1.54, 1.807) is 0 Å². The highest BCUT2D eigenvalue weighted by Crippen LogP contribution is 2.24. The van der Waals surface area contributed by atoms with Crippen LogP contribution in [-0.2, 0) is 22.4 Å². The smallest absolute Gasteiger partial charge is 0.228 e. The number of amides is 2. The molecule has 4 rings (SSSR count). The van der Waals surface area contributed by atoms with Gasteiger partial charge in [0, 0.05) is 18.7 Å². The molecule has 0 aromatic heterocycles. The molecule has 5 nitrogen and oxygen atoms in total. The second-order valence-electron chi connectivity index (χ2n) is 7.53. The molecule has 0 fully saturated rings. The zero-order chi connectivity index (χ0) is 20.2. The molecule has 3 aromatic carbocycles. The minimum atomic E-state index is -0.191. The maximum Gasteiger partial charge on any atom is 0.228 e. The molecule has 3 aromatic rings. The molecule has 0 bridgehead atoms. The van der Waals surface area contributed by atoms with E-state index in [0.29, 0.717) is 19.4 Å². The summed E-state index contributed by atoms with van der Waals surface area (Å²) in [7, 11) is 0. The van der Waals surface area contributed by atoms with Gasteiger partial charge in [-0.15, -0.1) is 12.4 Å². The number of hydrogen-bond acceptors (Lipinski definition) is 3. The summed E-state index contributed by atoms with van der Waals surface area (Å²) in [6.45, 7) is 0.357. The van der Waals surface area contributed by atoms with Crippen molar-refractivity contribution in [2.75, 3.05) is 11.9 Å². The number of fused-ring (bicyclic) bond motifs is 2. The van der Waals surface area contributed by atoms with Crippen LogP contribution in [0.25, 0.3) is 10.8 Å². The Morgan fingerprint density at radius 1 is 1.07 bits per heavy atom. The van der Waals surface area contributed by atoms with E-state index in [1.807, 2.05) is 30.3 Å². The third-order valence-electron chi connectivity index (χ3n) is 5.41. The highest BCUT2D eigenvalue weighted by Gasteiger charge is 2.17. The van der Waals surface area contributed by atoms with E-state index >= 15 is 0 Å². The van der Waals surface area contributed by atoms with Crippen molar-refractivity contribution in [1.82, 2.24) is 5.32 Å². The summed E-state index contributed by atoms with van der Waals surface area (Å²) in [5, 5.41) is 8.21. The molecule has 30 heavy (non-hydrogen) atoms. The van der Waals surface area contributed by atoms with Crippen LogP contribution in [0.15, 0.2) is 60.7 Å². The molecule has 2 amide bonds. The van der Waals surface area contributed by atoms with Crippen LogP contribution in [0.4, 0.5) is 5.69 Å². The van der Waals surface area contributed by atoms with Gasteiger partial charge in [-0.05, 0) is 52.4 Å². The lowest BCUT2D eigenvalue weighted by atomic mass is 10.0. The minimum Gasteiger partial charge on any atom is -0.348 e. The third kappa shape index (κ3) is 4.99. The Bertz CT molecular complexity index is 1070. The summed E-state index contributed by atoms with van der Waals surface area (Å²) >= 11 is 0. The summed E-state index contributed by atoms with van der Waals surface area (Å²) < 4.78 is 0. The van der Waals surface area contributed by atoms with E-state index in [-0.39, 0.29) is 30.3 Å². The Labute approximate surface area is 182 Å². The van der Waals surface area contributed by atoms with Crippen LogP contribution in [0.2, 0.25) is 0 Å². The van der Waals surface area contributed by atoms with E-state index in [4.69, 9.17) is 5.73 Å². The summed E-state index contributed by atoms with van der Waals surface area (Å²) in [5.41, 5.74) is 10.0. The highest BCUT2D eigenvalue weighted by molar-refractivity contribution is 5.99. The van der Waals surface area contributed by atoms with Crippen molar-refractivity contribution in [3.05, 3.63) is 77.4 Å². The van der Waals surface area contributed by atoms with E-state index in [9.17, 15) is 9.59 Å². The van der Waals surface area contributed by atoms with Crippen LogP contribution in [0.3, 0.4) is 0 Å². The molecule has 0 aliphatic carbocycles. The highest BCUT2D eigenvalue weighted by atomic mass is 35.5. The summed E-state index contributed by atoms with van der Waals surface area (Å²) in [6, 6.07) is 20.2. The fourth-order valence-corrected chi connectivity index (χ4v) is 3.86. The Kier molecular flexibility index (Phi) is 7.08. The molecule has 1 aliphatic rings. The number of rotatable bonds is 7. The monoisotopic (exact) mass is 423 g/mol. The van der Waals surface area contributed by atoms with Crippen LogP contribution in [0, 0.1) is 0 Å². The molecular weight excluding hydrogens is 398 g/mol. The summed E-state index contributed by atoms with van der Waals surface area (Å²) in [5.74, 6) is 0.0460. The quantitative estimate of drug-likeness (QED) is 0.539. The fourth-order valence-electron chi connectivity index (χ4n) is 3.86. The van der Waals surface area contributed by atoms with Gasteiger partial charge in [-0.2, -0.15) is 0 Å². The van der Waals surface area contributed by atoms with Gasteiger partial charge in [-0.25, -0.2) is 0 Å². The molecule has 0 radical (unpaired) electrons. The van der Waals surface area contributed by atoms with Gasteiger partial charge in [0.15, 0.2) is 0 Å².